The number of rotatable bonds is 6. The van der Waals surface area contributed by atoms with Crippen LogP contribution >= 0.6 is 16.3 Å². The third kappa shape index (κ3) is 4.72. The van der Waals surface area contributed by atoms with E-state index in [1.54, 1.807) is 60.7 Å². The van der Waals surface area contributed by atoms with Crippen molar-refractivity contribution in [2.75, 3.05) is 6.61 Å². The number of benzene rings is 2. The first kappa shape index (κ1) is 19.5. The molecule has 0 aromatic heterocycles. The van der Waals surface area contributed by atoms with Crippen molar-refractivity contribution in [3.8, 4) is 0 Å². The first-order valence-electron chi connectivity index (χ1n) is 8.19. The van der Waals surface area contributed by atoms with Gasteiger partial charge in [-0.05, 0) is 24.3 Å². The Bertz CT molecular complexity index is 768. The summed E-state index contributed by atoms with van der Waals surface area (Å²) in [6.07, 6.45) is -4.19. The number of carbonyl (C=O) groups excluding carboxylic acids is 2. The van der Waals surface area contributed by atoms with Gasteiger partial charge in [-0.15, -0.1) is 0 Å². The molecule has 0 spiro atoms. The first-order chi connectivity index (χ1) is 13.1. The summed E-state index contributed by atoms with van der Waals surface area (Å²) in [6.45, 7) is -0.180. The van der Waals surface area contributed by atoms with E-state index in [0.717, 1.165) is 0 Å². The fraction of sp³-hybridized carbons (Fsp3) is 0.263. The predicted octanol–water partition coefficient (Wildman–Crippen LogP) is 2.48. The molecule has 0 saturated carbocycles. The summed E-state index contributed by atoms with van der Waals surface area (Å²) in [6, 6.07) is 16.8. The van der Waals surface area contributed by atoms with E-state index >= 15 is 0 Å². The molecule has 2 aromatic rings. The zero-order chi connectivity index (χ0) is 19.2. The minimum Gasteiger partial charge on any atom is -0.459 e. The fourth-order valence-electron chi connectivity index (χ4n) is 2.66. The van der Waals surface area contributed by atoms with Crippen molar-refractivity contribution in [3.05, 3.63) is 71.8 Å². The van der Waals surface area contributed by atoms with Crippen LogP contribution in [-0.2, 0) is 18.0 Å². The maximum atomic E-state index is 12.2. The number of aliphatic hydroxyl groups is 1. The van der Waals surface area contributed by atoms with Crippen LogP contribution in [0.5, 0.6) is 0 Å². The molecule has 0 amide bonds. The average molecular weight is 437 g/mol. The highest BCUT2D eigenvalue weighted by molar-refractivity contribution is 9.06. The van der Waals surface area contributed by atoms with Crippen molar-refractivity contribution >= 4 is 28.2 Å². The Morgan fingerprint density at radius 1 is 0.926 bits per heavy atom. The number of halogens is 1. The minimum atomic E-state index is -1.42. The molecule has 8 heteroatoms. The average Bonchev–Trinajstić information content (AvgIpc) is 3.01. The van der Waals surface area contributed by atoms with Crippen molar-refractivity contribution in [2.24, 2.45) is 0 Å². The molecule has 1 fully saturated rings. The Hall–Kier alpha value is -2.26. The van der Waals surface area contributed by atoms with Gasteiger partial charge in [0.25, 0.3) is 0 Å². The highest BCUT2D eigenvalue weighted by atomic mass is 79.9. The number of carbonyl (C=O) groups is 2. The molecule has 1 aliphatic rings. The topological polar surface area (TPSA) is 91.3 Å². The molecule has 7 nitrogen and oxygen atoms in total. The molecule has 142 valence electrons. The Labute approximate surface area is 164 Å². The van der Waals surface area contributed by atoms with E-state index in [9.17, 15) is 14.7 Å². The van der Waals surface area contributed by atoms with Gasteiger partial charge in [-0.1, -0.05) is 36.4 Å². The van der Waals surface area contributed by atoms with Crippen LogP contribution in [0.4, 0.5) is 0 Å². The lowest BCUT2D eigenvalue weighted by molar-refractivity contribution is -0.135. The smallest absolute Gasteiger partial charge is 0.338 e. The van der Waals surface area contributed by atoms with E-state index in [4.69, 9.17) is 18.0 Å². The highest BCUT2D eigenvalue weighted by Crippen LogP contribution is 2.28. The molecule has 0 bridgehead atoms. The van der Waals surface area contributed by atoms with Gasteiger partial charge in [0.2, 0.25) is 0 Å². The summed E-state index contributed by atoms with van der Waals surface area (Å²) in [5.74, 6) is -1.16. The Kier molecular flexibility index (Phi) is 6.57. The molecule has 3 rings (SSSR count). The summed E-state index contributed by atoms with van der Waals surface area (Å²) < 4.78 is 21.0. The van der Waals surface area contributed by atoms with Crippen LogP contribution < -0.4 is 0 Å². The largest absolute Gasteiger partial charge is 0.459 e. The summed E-state index contributed by atoms with van der Waals surface area (Å²) >= 11 is 2.86. The molecular weight excluding hydrogens is 420 g/mol. The lowest BCUT2D eigenvalue weighted by Gasteiger charge is -2.20. The van der Waals surface area contributed by atoms with E-state index in [0.29, 0.717) is 11.1 Å². The predicted molar refractivity (Wildman–Crippen MR) is 97.0 cm³/mol. The summed E-state index contributed by atoms with van der Waals surface area (Å²) in [5.41, 5.74) is 0.719. The van der Waals surface area contributed by atoms with Crippen LogP contribution in [0.15, 0.2) is 60.7 Å². The monoisotopic (exact) mass is 436 g/mol. The molecule has 1 heterocycles. The second-order valence-corrected chi connectivity index (χ2v) is 6.19. The zero-order valence-electron chi connectivity index (χ0n) is 14.1. The summed E-state index contributed by atoms with van der Waals surface area (Å²) in [4.78, 5) is 24.3. The molecule has 2 aromatic carbocycles. The van der Waals surface area contributed by atoms with E-state index in [2.05, 4.69) is 16.3 Å². The van der Waals surface area contributed by atoms with Crippen LogP contribution in [0.2, 0.25) is 0 Å². The van der Waals surface area contributed by atoms with E-state index in [1.807, 2.05) is 0 Å². The maximum absolute atomic E-state index is 12.2. The van der Waals surface area contributed by atoms with Crippen molar-refractivity contribution in [3.63, 3.8) is 0 Å². The van der Waals surface area contributed by atoms with Gasteiger partial charge in [0, 0.05) is 0 Å². The maximum Gasteiger partial charge on any atom is 0.338 e. The SMILES string of the molecule is O=C(OC[C@H]1OC(O)[C@H](OC(=O)c2ccccc2)[C@@H]1OBr)c1ccccc1. The molecule has 0 radical (unpaired) electrons. The second-order valence-electron chi connectivity index (χ2n) is 5.82. The van der Waals surface area contributed by atoms with Gasteiger partial charge in [-0.3, -0.25) is 3.83 Å². The lowest BCUT2D eigenvalue weighted by atomic mass is 10.1. The molecule has 1 saturated heterocycles. The Morgan fingerprint density at radius 2 is 1.48 bits per heavy atom. The van der Waals surface area contributed by atoms with Crippen LogP contribution in [0.1, 0.15) is 20.7 Å². The number of hydrogen-bond acceptors (Lipinski definition) is 7. The lowest BCUT2D eigenvalue weighted by Crippen LogP contribution is -2.39. The standard InChI is InChI=1S/C19H17BrO7/c20-27-15-14(11-24-17(21)12-7-3-1-4-8-12)25-19(23)16(15)26-18(22)13-9-5-2-6-10-13/h1-10,14-16,19,23H,11H2/t14-,15-,16-,19?/m1/s1. The number of aliphatic hydroxyl groups excluding tert-OH is 1. The number of esters is 2. The van der Waals surface area contributed by atoms with Gasteiger partial charge in [0.05, 0.1) is 27.4 Å². The van der Waals surface area contributed by atoms with Crippen molar-refractivity contribution in [1.82, 2.24) is 0 Å². The van der Waals surface area contributed by atoms with Gasteiger partial charge in [0.1, 0.15) is 18.8 Å². The zero-order valence-corrected chi connectivity index (χ0v) is 15.7. The summed E-state index contributed by atoms with van der Waals surface area (Å²) in [7, 11) is 0. The molecule has 4 atom stereocenters. The number of ether oxygens (including phenoxy) is 3. The second kappa shape index (κ2) is 9.09. The first-order valence-corrected chi connectivity index (χ1v) is 8.84. The molecule has 27 heavy (non-hydrogen) atoms. The van der Waals surface area contributed by atoms with Crippen LogP contribution in [0.25, 0.3) is 0 Å². The Morgan fingerprint density at radius 3 is 2.04 bits per heavy atom. The molecule has 1 aliphatic heterocycles. The highest BCUT2D eigenvalue weighted by Gasteiger charge is 2.48. The molecule has 1 N–H and O–H groups in total. The number of hydrogen-bond donors (Lipinski definition) is 1. The van der Waals surface area contributed by atoms with Gasteiger partial charge < -0.3 is 19.3 Å². The van der Waals surface area contributed by atoms with Crippen molar-refractivity contribution in [1.29, 1.82) is 0 Å². The van der Waals surface area contributed by atoms with Crippen LogP contribution in [-0.4, -0.2) is 48.3 Å². The minimum absolute atomic E-state index is 0.180. The van der Waals surface area contributed by atoms with E-state index in [1.165, 1.54) is 0 Å². The van der Waals surface area contributed by atoms with Crippen molar-refractivity contribution < 1.29 is 32.7 Å². The van der Waals surface area contributed by atoms with Gasteiger partial charge in [-0.25, -0.2) is 9.59 Å². The fourth-order valence-corrected chi connectivity index (χ4v) is 3.11. The van der Waals surface area contributed by atoms with Crippen LogP contribution in [0.3, 0.4) is 0 Å². The molecule has 0 aliphatic carbocycles. The van der Waals surface area contributed by atoms with Gasteiger partial charge in [-0.2, -0.15) is 0 Å². The molecule has 1 unspecified atom stereocenters. The summed E-state index contributed by atoms with van der Waals surface area (Å²) in [5, 5.41) is 10.1. The normalized spacial score (nSPS) is 24.4. The van der Waals surface area contributed by atoms with E-state index in [-0.39, 0.29) is 6.61 Å². The quantitative estimate of drug-likeness (QED) is 0.695. The third-order valence-electron chi connectivity index (χ3n) is 4.03. The van der Waals surface area contributed by atoms with E-state index < -0.39 is 36.5 Å². The van der Waals surface area contributed by atoms with Gasteiger partial charge in [0.15, 0.2) is 12.4 Å². The third-order valence-corrected chi connectivity index (χ3v) is 4.46. The molecular formula is C19H17BrO7. The van der Waals surface area contributed by atoms with Crippen LogP contribution in [0, 0.1) is 0 Å². The Balaban J connectivity index is 1.61. The van der Waals surface area contributed by atoms with Gasteiger partial charge >= 0.3 is 11.9 Å². The van der Waals surface area contributed by atoms with Crippen molar-refractivity contribution in [2.45, 2.75) is 24.6 Å².